The molecule has 17 heavy (non-hydrogen) atoms. The van der Waals surface area contributed by atoms with Gasteiger partial charge in [0.25, 0.3) is 0 Å². The molecule has 4 nitrogen and oxygen atoms in total. The maximum Gasteiger partial charge on any atom is 0.317 e. The fourth-order valence-electron chi connectivity index (χ4n) is 1.66. The standard InChI is InChI=1S/C13H12O4/c14-10-6-11(12(15)7-10)13(16)17-8-9-4-2-1-3-5-9/h1-5,7,11,15H,6,8H2. The largest absolute Gasteiger partial charge is 0.511 e. The molecule has 0 radical (unpaired) electrons. The molecule has 1 N–H and O–H groups in total. The lowest BCUT2D eigenvalue weighted by Gasteiger charge is -2.09. The van der Waals surface area contributed by atoms with Crippen molar-refractivity contribution >= 4 is 11.8 Å². The molecule has 0 bridgehead atoms. The van der Waals surface area contributed by atoms with Crippen LogP contribution in [-0.2, 0) is 20.9 Å². The van der Waals surface area contributed by atoms with Crippen LogP contribution in [0.1, 0.15) is 12.0 Å². The van der Waals surface area contributed by atoms with Gasteiger partial charge in [-0.15, -0.1) is 0 Å². The van der Waals surface area contributed by atoms with E-state index < -0.39 is 11.9 Å². The van der Waals surface area contributed by atoms with Crippen LogP contribution in [0.5, 0.6) is 0 Å². The van der Waals surface area contributed by atoms with Crippen LogP contribution < -0.4 is 0 Å². The third-order valence-corrected chi connectivity index (χ3v) is 2.58. The summed E-state index contributed by atoms with van der Waals surface area (Å²) in [7, 11) is 0. The highest BCUT2D eigenvalue weighted by Gasteiger charge is 2.32. The summed E-state index contributed by atoms with van der Waals surface area (Å²) in [6.07, 6.45) is 1.08. The number of ether oxygens (including phenoxy) is 1. The number of hydrogen-bond donors (Lipinski definition) is 1. The topological polar surface area (TPSA) is 63.6 Å². The van der Waals surface area contributed by atoms with Gasteiger partial charge in [-0.1, -0.05) is 30.3 Å². The Kier molecular flexibility index (Phi) is 3.23. The van der Waals surface area contributed by atoms with Crippen molar-refractivity contribution < 1.29 is 19.4 Å². The number of carbonyl (C=O) groups is 2. The van der Waals surface area contributed by atoms with Crippen molar-refractivity contribution in [2.75, 3.05) is 0 Å². The molecule has 0 heterocycles. The molecule has 0 amide bonds. The van der Waals surface area contributed by atoms with Crippen LogP contribution in [0.3, 0.4) is 0 Å². The van der Waals surface area contributed by atoms with Crippen LogP contribution in [0.15, 0.2) is 42.2 Å². The summed E-state index contributed by atoms with van der Waals surface area (Å²) < 4.78 is 5.04. The van der Waals surface area contributed by atoms with Crippen molar-refractivity contribution in [2.45, 2.75) is 13.0 Å². The number of carbonyl (C=O) groups excluding carboxylic acids is 2. The molecule has 1 aromatic rings. The molecule has 4 heteroatoms. The minimum absolute atomic E-state index is 0.000539. The van der Waals surface area contributed by atoms with E-state index in [0.29, 0.717) is 0 Å². The number of allylic oxidation sites excluding steroid dienone is 1. The second-order valence-corrected chi connectivity index (χ2v) is 3.89. The van der Waals surface area contributed by atoms with Crippen LogP contribution in [-0.4, -0.2) is 16.9 Å². The second kappa shape index (κ2) is 4.82. The molecule has 0 saturated heterocycles. The first-order valence-corrected chi connectivity index (χ1v) is 5.31. The average molecular weight is 232 g/mol. The van der Waals surface area contributed by atoms with Gasteiger partial charge in [0.05, 0.1) is 0 Å². The average Bonchev–Trinajstić information content (AvgIpc) is 2.67. The van der Waals surface area contributed by atoms with E-state index in [1.165, 1.54) is 0 Å². The zero-order valence-corrected chi connectivity index (χ0v) is 9.13. The highest BCUT2D eigenvalue weighted by molar-refractivity contribution is 5.98. The van der Waals surface area contributed by atoms with Gasteiger partial charge in [-0.2, -0.15) is 0 Å². The third kappa shape index (κ3) is 2.72. The quantitative estimate of drug-likeness (QED) is 0.806. The molecule has 1 aliphatic rings. The number of ketones is 1. The van der Waals surface area contributed by atoms with Crippen molar-refractivity contribution in [1.82, 2.24) is 0 Å². The first kappa shape index (κ1) is 11.4. The predicted octanol–water partition coefficient (Wildman–Crippen LogP) is 1.76. The van der Waals surface area contributed by atoms with Gasteiger partial charge in [0, 0.05) is 12.5 Å². The zero-order valence-electron chi connectivity index (χ0n) is 9.13. The maximum absolute atomic E-state index is 11.6. The second-order valence-electron chi connectivity index (χ2n) is 3.89. The molecule has 0 fully saturated rings. The van der Waals surface area contributed by atoms with Gasteiger partial charge >= 0.3 is 5.97 Å². The van der Waals surface area contributed by atoms with E-state index in [4.69, 9.17) is 4.74 Å². The van der Waals surface area contributed by atoms with Gasteiger partial charge in [0.1, 0.15) is 18.3 Å². The van der Waals surface area contributed by atoms with Crippen molar-refractivity contribution in [3.8, 4) is 0 Å². The van der Waals surface area contributed by atoms with Crippen LogP contribution in [0.25, 0.3) is 0 Å². The van der Waals surface area contributed by atoms with E-state index in [1.807, 2.05) is 30.3 Å². The molecule has 1 unspecified atom stereocenters. The highest BCUT2D eigenvalue weighted by Crippen LogP contribution is 2.22. The summed E-state index contributed by atoms with van der Waals surface area (Å²) in [5.41, 5.74) is 0.869. The Bertz CT molecular complexity index is 462. The summed E-state index contributed by atoms with van der Waals surface area (Å²) in [5.74, 6) is -1.84. The summed E-state index contributed by atoms with van der Waals surface area (Å²) in [5, 5.41) is 9.37. The minimum Gasteiger partial charge on any atom is -0.511 e. The van der Waals surface area contributed by atoms with Crippen molar-refractivity contribution in [1.29, 1.82) is 0 Å². The lowest BCUT2D eigenvalue weighted by Crippen LogP contribution is -2.18. The number of rotatable bonds is 3. The lowest BCUT2D eigenvalue weighted by atomic mass is 10.1. The number of aliphatic hydroxyl groups excluding tert-OH is 1. The van der Waals surface area contributed by atoms with Gasteiger partial charge in [-0.05, 0) is 5.56 Å². The van der Waals surface area contributed by atoms with Gasteiger partial charge in [-0.3, -0.25) is 9.59 Å². The molecule has 2 rings (SSSR count). The van der Waals surface area contributed by atoms with E-state index in [2.05, 4.69) is 0 Å². The van der Waals surface area contributed by atoms with Crippen LogP contribution >= 0.6 is 0 Å². The van der Waals surface area contributed by atoms with Gasteiger partial charge in [-0.25, -0.2) is 0 Å². The molecule has 88 valence electrons. The van der Waals surface area contributed by atoms with Crippen LogP contribution in [0.2, 0.25) is 0 Å². The number of esters is 1. The Morgan fingerprint density at radius 3 is 2.65 bits per heavy atom. The molecule has 0 saturated carbocycles. The van der Waals surface area contributed by atoms with E-state index in [0.717, 1.165) is 11.6 Å². The monoisotopic (exact) mass is 232 g/mol. The maximum atomic E-state index is 11.6. The molecular formula is C13H12O4. The third-order valence-electron chi connectivity index (χ3n) is 2.58. The summed E-state index contributed by atoms with van der Waals surface area (Å²) in [6.45, 7) is 0.150. The van der Waals surface area contributed by atoms with Gasteiger partial charge in [0.15, 0.2) is 5.78 Å². The van der Waals surface area contributed by atoms with Crippen molar-refractivity contribution in [3.05, 3.63) is 47.7 Å². The summed E-state index contributed by atoms with van der Waals surface area (Å²) in [4.78, 5) is 22.6. The fraction of sp³-hybridized carbons (Fsp3) is 0.231. The minimum atomic E-state index is -0.828. The molecule has 0 aromatic heterocycles. The van der Waals surface area contributed by atoms with Crippen molar-refractivity contribution in [2.24, 2.45) is 5.92 Å². The molecule has 1 aromatic carbocycles. The Balaban J connectivity index is 1.91. The summed E-state index contributed by atoms with van der Waals surface area (Å²) >= 11 is 0. The Hall–Kier alpha value is -2.10. The first-order chi connectivity index (χ1) is 8.16. The fourth-order valence-corrected chi connectivity index (χ4v) is 1.66. The van der Waals surface area contributed by atoms with E-state index in [1.54, 1.807) is 0 Å². The van der Waals surface area contributed by atoms with E-state index in [9.17, 15) is 14.7 Å². The number of hydrogen-bond acceptors (Lipinski definition) is 4. The Morgan fingerprint density at radius 1 is 1.35 bits per heavy atom. The highest BCUT2D eigenvalue weighted by atomic mass is 16.5. The molecular weight excluding hydrogens is 220 g/mol. The summed E-state index contributed by atoms with van der Waals surface area (Å²) in [6, 6.07) is 9.24. The van der Waals surface area contributed by atoms with E-state index in [-0.39, 0.29) is 24.6 Å². The Morgan fingerprint density at radius 2 is 2.06 bits per heavy atom. The van der Waals surface area contributed by atoms with Crippen LogP contribution in [0.4, 0.5) is 0 Å². The SMILES string of the molecule is O=C1C=C(O)C(C(=O)OCc2ccccc2)C1. The number of aliphatic hydroxyl groups is 1. The predicted molar refractivity (Wildman–Crippen MR) is 60.1 cm³/mol. The lowest BCUT2D eigenvalue weighted by molar-refractivity contribution is -0.150. The first-order valence-electron chi connectivity index (χ1n) is 5.31. The molecule has 1 atom stereocenters. The molecule has 0 spiro atoms. The van der Waals surface area contributed by atoms with E-state index >= 15 is 0 Å². The number of benzene rings is 1. The smallest absolute Gasteiger partial charge is 0.317 e. The zero-order chi connectivity index (χ0) is 12.3. The van der Waals surface area contributed by atoms with Crippen LogP contribution in [0, 0.1) is 5.92 Å². The normalized spacial score (nSPS) is 18.9. The Labute approximate surface area is 98.5 Å². The van der Waals surface area contributed by atoms with Gasteiger partial charge in [0.2, 0.25) is 0 Å². The molecule has 0 aliphatic heterocycles. The van der Waals surface area contributed by atoms with Gasteiger partial charge < -0.3 is 9.84 Å². The van der Waals surface area contributed by atoms with Crippen molar-refractivity contribution in [3.63, 3.8) is 0 Å². The molecule has 1 aliphatic carbocycles.